The van der Waals surface area contributed by atoms with Crippen LogP contribution in [0.25, 0.3) is 0 Å². The molecule has 1 heterocycles. The topological polar surface area (TPSA) is 29.3 Å². The molecule has 0 aromatic rings. The molecule has 1 unspecified atom stereocenters. The molecule has 1 atom stereocenters. The molecule has 2 N–H and O–H groups in total. The first kappa shape index (κ1) is 8.02. The molecule has 60 valence electrons. The summed E-state index contributed by atoms with van der Waals surface area (Å²) < 4.78 is 0. The van der Waals surface area contributed by atoms with Gasteiger partial charge < -0.3 is 5.73 Å². The Kier molecular flexibility index (Phi) is 3.16. The molecule has 0 spiro atoms. The van der Waals surface area contributed by atoms with Gasteiger partial charge in [0.2, 0.25) is 0 Å². The lowest BCUT2D eigenvalue weighted by molar-refractivity contribution is 0.161. The molecule has 2 nitrogen and oxygen atoms in total. The number of likely N-dealkylation sites (tertiary alicyclic amines) is 1. The zero-order valence-corrected chi connectivity index (χ0v) is 6.84. The summed E-state index contributed by atoms with van der Waals surface area (Å²) in [5.74, 6) is 0. The summed E-state index contributed by atoms with van der Waals surface area (Å²) in [5, 5.41) is 0. The van der Waals surface area contributed by atoms with Crippen LogP contribution < -0.4 is 5.73 Å². The van der Waals surface area contributed by atoms with Gasteiger partial charge in [-0.2, -0.15) is 0 Å². The van der Waals surface area contributed by atoms with Crippen LogP contribution in [0.4, 0.5) is 0 Å². The predicted molar refractivity (Wildman–Crippen MR) is 43.9 cm³/mol. The summed E-state index contributed by atoms with van der Waals surface area (Å²) in [6.07, 6.45) is 4.05. The van der Waals surface area contributed by atoms with Crippen LogP contribution in [0.1, 0.15) is 26.2 Å². The first-order valence-electron chi connectivity index (χ1n) is 4.32. The second-order valence-corrected chi connectivity index (χ2v) is 3.01. The second-order valence-electron chi connectivity index (χ2n) is 3.01. The molecule has 0 bridgehead atoms. The van der Waals surface area contributed by atoms with Gasteiger partial charge in [0.1, 0.15) is 0 Å². The highest BCUT2D eigenvalue weighted by Crippen LogP contribution is 2.14. The molecule has 0 aromatic heterocycles. The number of hydrogen-bond donors (Lipinski definition) is 1. The Morgan fingerprint density at radius 3 is 2.80 bits per heavy atom. The Bertz CT molecular complexity index is 81.3. The molecule has 10 heavy (non-hydrogen) atoms. The van der Waals surface area contributed by atoms with Crippen LogP contribution in [0.5, 0.6) is 0 Å². The van der Waals surface area contributed by atoms with Crippen molar-refractivity contribution in [3.8, 4) is 0 Å². The largest absolute Gasteiger partial charge is 0.329 e. The highest BCUT2D eigenvalue weighted by atomic mass is 15.2. The molecule has 1 fully saturated rings. The van der Waals surface area contributed by atoms with Gasteiger partial charge >= 0.3 is 0 Å². The van der Waals surface area contributed by atoms with Gasteiger partial charge in [-0.3, -0.25) is 4.90 Å². The van der Waals surface area contributed by atoms with Crippen molar-refractivity contribution in [2.45, 2.75) is 32.2 Å². The quantitative estimate of drug-likeness (QED) is 0.618. The highest BCUT2D eigenvalue weighted by Gasteiger charge is 2.18. The van der Waals surface area contributed by atoms with Crippen LogP contribution in [0.2, 0.25) is 0 Å². The Hall–Kier alpha value is -0.0800. The monoisotopic (exact) mass is 142 g/mol. The maximum absolute atomic E-state index is 5.63. The third kappa shape index (κ3) is 1.70. The molecular formula is C8H18N2. The lowest BCUT2D eigenvalue weighted by Crippen LogP contribution is -2.43. The average Bonchev–Trinajstić information content (AvgIpc) is 2.04. The fraction of sp³-hybridized carbons (Fsp3) is 1.00. The Labute approximate surface area is 63.4 Å². The molecule has 0 radical (unpaired) electrons. The Morgan fingerprint density at radius 2 is 2.30 bits per heavy atom. The van der Waals surface area contributed by atoms with Crippen molar-refractivity contribution in [1.29, 1.82) is 0 Å². The standard InChI is InChI=1S/C8H18N2/c1-2-10-6-4-3-5-8(10)7-9/h8H,2-7,9H2,1H3. The first-order valence-corrected chi connectivity index (χ1v) is 4.32. The van der Waals surface area contributed by atoms with Crippen molar-refractivity contribution in [3.05, 3.63) is 0 Å². The average molecular weight is 142 g/mol. The van der Waals surface area contributed by atoms with Gasteiger partial charge in [-0.25, -0.2) is 0 Å². The van der Waals surface area contributed by atoms with E-state index in [2.05, 4.69) is 11.8 Å². The van der Waals surface area contributed by atoms with E-state index in [0.29, 0.717) is 6.04 Å². The van der Waals surface area contributed by atoms with E-state index in [-0.39, 0.29) is 0 Å². The van der Waals surface area contributed by atoms with Crippen molar-refractivity contribution in [2.24, 2.45) is 5.73 Å². The predicted octanol–water partition coefficient (Wildman–Crippen LogP) is 0.820. The molecule has 0 amide bonds. The molecule has 1 rings (SSSR count). The second kappa shape index (κ2) is 3.94. The third-order valence-corrected chi connectivity index (χ3v) is 2.43. The van der Waals surface area contributed by atoms with E-state index in [4.69, 9.17) is 5.73 Å². The van der Waals surface area contributed by atoms with E-state index in [1.807, 2.05) is 0 Å². The summed E-state index contributed by atoms with van der Waals surface area (Å²) in [6.45, 7) is 5.49. The van der Waals surface area contributed by atoms with Crippen molar-refractivity contribution in [3.63, 3.8) is 0 Å². The van der Waals surface area contributed by atoms with Gasteiger partial charge in [0.15, 0.2) is 0 Å². The smallest absolute Gasteiger partial charge is 0.0218 e. The molecule has 0 saturated carbocycles. The SMILES string of the molecule is CCN1CCCCC1CN. The van der Waals surface area contributed by atoms with E-state index < -0.39 is 0 Å². The van der Waals surface area contributed by atoms with Crippen LogP contribution in [0.3, 0.4) is 0 Å². The molecule has 2 heteroatoms. The zero-order chi connectivity index (χ0) is 7.40. The number of likely N-dealkylation sites (N-methyl/N-ethyl adjacent to an activating group) is 1. The number of piperidine rings is 1. The zero-order valence-electron chi connectivity index (χ0n) is 6.84. The van der Waals surface area contributed by atoms with Crippen LogP contribution in [0, 0.1) is 0 Å². The van der Waals surface area contributed by atoms with Crippen molar-refractivity contribution in [2.75, 3.05) is 19.6 Å². The molecule has 0 aromatic carbocycles. The molecule has 1 saturated heterocycles. The van der Waals surface area contributed by atoms with Gasteiger partial charge in [0.25, 0.3) is 0 Å². The van der Waals surface area contributed by atoms with Gasteiger partial charge in [-0.1, -0.05) is 13.3 Å². The lowest BCUT2D eigenvalue weighted by atomic mass is 10.0. The van der Waals surface area contributed by atoms with Gasteiger partial charge in [-0.15, -0.1) is 0 Å². The van der Waals surface area contributed by atoms with E-state index in [1.165, 1.54) is 32.4 Å². The van der Waals surface area contributed by atoms with E-state index in [9.17, 15) is 0 Å². The summed E-state index contributed by atoms with van der Waals surface area (Å²) in [4.78, 5) is 2.49. The van der Waals surface area contributed by atoms with Crippen molar-refractivity contribution >= 4 is 0 Å². The molecule has 1 aliphatic rings. The number of hydrogen-bond acceptors (Lipinski definition) is 2. The van der Waals surface area contributed by atoms with Gasteiger partial charge in [-0.05, 0) is 25.9 Å². The normalized spacial score (nSPS) is 28.8. The van der Waals surface area contributed by atoms with E-state index in [0.717, 1.165) is 6.54 Å². The molecular weight excluding hydrogens is 124 g/mol. The van der Waals surface area contributed by atoms with Crippen LogP contribution >= 0.6 is 0 Å². The minimum atomic E-state index is 0.679. The van der Waals surface area contributed by atoms with Crippen LogP contribution in [-0.4, -0.2) is 30.6 Å². The Balaban J connectivity index is 2.34. The maximum atomic E-state index is 5.63. The van der Waals surface area contributed by atoms with Gasteiger partial charge in [0, 0.05) is 12.6 Å². The minimum absolute atomic E-state index is 0.679. The third-order valence-electron chi connectivity index (χ3n) is 2.43. The fourth-order valence-electron chi connectivity index (χ4n) is 1.74. The number of nitrogens with two attached hydrogens (primary N) is 1. The fourth-order valence-corrected chi connectivity index (χ4v) is 1.74. The summed E-state index contributed by atoms with van der Waals surface area (Å²) in [7, 11) is 0. The van der Waals surface area contributed by atoms with Crippen LogP contribution in [0.15, 0.2) is 0 Å². The van der Waals surface area contributed by atoms with Crippen molar-refractivity contribution < 1.29 is 0 Å². The minimum Gasteiger partial charge on any atom is -0.329 e. The van der Waals surface area contributed by atoms with Crippen LogP contribution in [-0.2, 0) is 0 Å². The number of rotatable bonds is 2. The molecule has 1 aliphatic heterocycles. The summed E-state index contributed by atoms with van der Waals surface area (Å²) in [5.41, 5.74) is 5.63. The van der Waals surface area contributed by atoms with Crippen molar-refractivity contribution in [1.82, 2.24) is 4.90 Å². The maximum Gasteiger partial charge on any atom is 0.0218 e. The van der Waals surface area contributed by atoms with E-state index in [1.54, 1.807) is 0 Å². The lowest BCUT2D eigenvalue weighted by Gasteiger charge is -2.33. The van der Waals surface area contributed by atoms with Gasteiger partial charge in [0.05, 0.1) is 0 Å². The van der Waals surface area contributed by atoms with E-state index >= 15 is 0 Å². The number of nitrogens with zero attached hydrogens (tertiary/aromatic N) is 1. The summed E-state index contributed by atoms with van der Waals surface area (Å²) in [6, 6.07) is 0.679. The Morgan fingerprint density at radius 1 is 1.50 bits per heavy atom. The summed E-state index contributed by atoms with van der Waals surface area (Å²) >= 11 is 0. The molecule has 0 aliphatic carbocycles. The first-order chi connectivity index (χ1) is 4.88. The highest BCUT2D eigenvalue weighted by molar-refractivity contribution is 4.75.